The van der Waals surface area contributed by atoms with Crippen LogP contribution < -0.4 is 20.3 Å². The summed E-state index contributed by atoms with van der Waals surface area (Å²) in [6.07, 6.45) is 0. The van der Waals surface area contributed by atoms with Crippen molar-refractivity contribution in [1.29, 1.82) is 0 Å². The number of piperazine rings is 1. The van der Waals surface area contributed by atoms with E-state index in [9.17, 15) is 9.59 Å². The van der Waals surface area contributed by atoms with Crippen molar-refractivity contribution in [2.45, 2.75) is 13.8 Å². The Hall–Kier alpha value is -3.14. The van der Waals surface area contributed by atoms with Gasteiger partial charge in [-0.25, -0.2) is 0 Å². The minimum Gasteiger partial charge on any atom is -0.493 e. The normalized spacial score (nSPS) is 13.4. The Bertz CT molecular complexity index is 1260. The number of nitrogens with one attached hydrogen (secondary N) is 2. The predicted octanol–water partition coefficient (Wildman–Crippen LogP) is 5.53. The molecular weight excluding hydrogens is 528 g/mol. The highest BCUT2D eigenvalue weighted by molar-refractivity contribution is 7.80. The van der Waals surface area contributed by atoms with Crippen LogP contribution in [0.3, 0.4) is 0 Å². The maximum atomic E-state index is 12.7. The number of amides is 2. The maximum absolute atomic E-state index is 12.7. The molecule has 0 unspecified atom stereocenters. The van der Waals surface area contributed by atoms with Gasteiger partial charge in [-0.2, -0.15) is 0 Å². The number of hydrogen-bond acceptors (Lipinski definition) is 6. The first-order chi connectivity index (χ1) is 17.8. The topological polar surface area (TPSA) is 73.9 Å². The molecule has 0 saturated carbocycles. The van der Waals surface area contributed by atoms with E-state index in [1.54, 1.807) is 24.3 Å². The van der Waals surface area contributed by atoms with Crippen LogP contribution in [0.4, 0.5) is 11.4 Å². The number of benzene rings is 2. The Morgan fingerprint density at radius 1 is 1.08 bits per heavy atom. The third kappa shape index (κ3) is 7.21. The van der Waals surface area contributed by atoms with Crippen LogP contribution in [0.15, 0.2) is 60.0 Å². The second-order valence-electron chi connectivity index (χ2n) is 9.06. The fraction of sp³-hybridized carbons (Fsp3) is 0.296. The summed E-state index contributed by atoms with van der Waals surface area (Å²) in [6.45, 7) is 7.35. The fourth-order valence-corrected chi connectivity index (χ4v) is 5.08. The number of ether oxygens (including phenoxy) is 1. The van der Waals surface area contributed by atoms with Gasteiger partial charge in [-0.05, 0) is 66.0 Å². The number of carbonyl (C=O) groups excluding carboxylic acids is 2. The zero-order chi connectivity index (χ0) is 26.4. The highest BCUT2D eigenvalue weighted by Gasteiger charge is 2.24. The van der Waals surface area contributed by atoms with Gasteiger partial charge in [0.25, 0.3) is 11.8 Å². The van der Waals surface area contributed by atoms with Gasteiger partial charge in [0, 0.05) is 37.4 Å². The minimum atomic E-state index is -0.329. The number of anilines is 2. The van der Waals surface area contributed by atoms with Gasteiger partial charge in [-0.15, -0.1) is 11.3 Å². The zero-order valence-corrected chi connectivity index (χ0v) is 23.1. The van der Waals surface area contributed by atoms with E-state index < -0.39 is 0 Å². The summed E-state index contributed by atoms with van der Waals surface area (Å²) in [5, 5.41) is 8.36. The van der Waals surface area contributed by atoms with E-state index in [0.29, 0.717) is 60.7 Å². The number of hydrogen-bond donors (Lipinski definition) is 2. The highest BCUT2D eigenvalue weighted by atomic mass is 35.5. The molecular formula is C27H29ClN4O3S2. The van der Waals surface area contributed by atoms with E-state index in [2.05, 4.69) is 29.4 Å². The predicted molar refractivity (Wildman–Crippen MR) is 154 cm³/mol. The number of thiocarbonyl (C=S) groups is 1. The van der Waals surface area contributed by atoms with E-state index in [-0.39, 0.29) is 16.9 Å². The smallest absolute Gasteiger partial charge is 0.264 e. The van der Waals surface area contributed by atoms with Crippen LogP contribution in [0, 0.1) is 5.92 Å². The highest BCUT2D eigenvalue weighted by Crippen LogP contribution is 2.30. The molecule has 3 aromatic rings. The molecule has 1 fully saturated rings. The number of rotatable bonds is 7. The van der Waals surface area contributed by atoms with Gasteiger partial charge in [0.2, 0.25) is 0 Å². The van der Waals surface area contributed by atoms with Crippen LogP contribution in [0.5, 0.6) is 5.75 Å². The van der Waals surface area contributed by atoms with Crippen LogP contribution >= 0.6 is 35.2 Å². The van der Waals surface area contributed by atoms with E-state index in [0.717, 1.165) is 10.6 Å². The maximum Gasteiger partial charge on any atom is 0.264 e. The van der Waals surface area contributed by atoms with E-state index >= 15 is 0 Å². The number of nitrogens with zero attached hydrogens (tertiary/aromatic N) is 2. The van der Waals surface area contributed by atoms with Gasteiger partial charge in [0.15, 0.2) is 5.11 Å². The molecule has 194 valence electrons. The molecule has 2 amide bonds. The van der Waals surface area contributed by atoms with Crippen molar-refractivity contribution in [2.24, 2.45) is 5.92 Å². The average Bonchev–Trinajstić information content (AvgIpc) is 3.42. The molecule has 0 atom stereocenters. The summed E-state index contributed by atoms with van der Waals surface area (Å²) in [5.74, 6) is 0.771. The molecule has 10 heteroatoms. The third-order valence-corrected chi connectivity index (χ3v) is 7.12. The minimum absolute atomic E-state index is 0.0747. The molecule has 0 aliphatic carbocycles. The Morgan fingerprint density at radius 2 is 1.86 bits per heavy atom. The van der Waals surface area contributed by atoms with Crippen LogP contribution in [0.25, 0.3) is 0 Å². The van der Waals surface area contributed by atoms with Crippen molar-refractivity contribution in [3.8, 4) is 5.75 Å². The lowest BCUT2D eigenvalue weighted by Gasteiger charge is -2.36. The SMILES string of the molecule is CC(C)COc1cccc(C(=O)NC(=S)Nc2ccc(N3CCN(C(=O)c4cccs4)CC3)c(Cl)c2)c1. The van der Waals surface area contributed by atoms with Crippen molar-refractivity contribution >= 4 is 63.5 Å². The lowest BCUT2D eigenvalue weighted by Crippen LogP contribution is -2.48. The molecule has 37 heavy (non-hydrogen) atoms. The van der Waals surface area contributed by atoms with Gasteiger partial charge >= 0.3 is 0 Å². The largest absolute Gasteiger partial charge is 0.493 e. The lowest BCUT2D eigenvalue weighted by molar-refractivity contribution is 0.0751. The molecule has 0 radical (unpaired) electrons. The van der Waals surface area contributed by atoms with Crippen molar-refractivity contribution < 1.29 is 14.3 Å². The molecule has 1 aliphatic rings. The molecule has 0 bridgehead atoms. The third-order valence-electron chi connectivity index (χ3n) is 5.75. The molecule has 2 N–H and O–H groups in total. The van der Waals surface area contributed by atoms with E-state index in [1.807, 2.05) is 40.6 Å². The van der Waals surface area contributed by atoms with Crippen LogP contribution in [0.2, 0.25) is 5.02 Å². The zero-order valence-electron chi connectivity index (χ0n) is 20.7. The lowest BCUT2D eigenvalue weighted by atomic mass is 10.2. The quantitative estimate of drug-likeness (QED) is 0.373. The summed E-state index contributed by atoms with van der Waals surface area (Å²) in [6, 6.07) is 16.3. The van der Waals surface area contributed by atoms with Gasteiger partial charge in [-0.3, -0.25) is 14.9 Å². The molecule has 1 saturated heterocycles. The van der Waals surface area contributed by atoms with Crippen molar-refractivity contribution in [1.82, 2.24) is 10.2 Å². The van der Waals surface area contributed by atoms with Crippen LogP contribution in [-0.4, -0.2) is 54.6 Å². The van der Waals surface area contributed by atoms with Gasteiger partial charge in [0.1, 0.15) is 5.75 Å². The molecule has 1 aromatic heterocycles. The molecule has 0 spiro atoms. The summed E-state index contributed by atoms with van der Waals surface area (Å²) in [4.78, 5) is 30.1. The second kappa shape index (κ2) is 12.4. The van der Waals surface area contributed by atoms with Gasteiger partial charge in [0.05, 0.1) is 22.2 Å². The van der Waals surface area contributed by atoms with E-state index in [1.165, 1.54) is 11.3 Å². The first-order valence-corrected chi connectivity index (χ1v) is 13.7. The van der Waals surface area contributed by atoms with E-state index in [4.69, 9.17) is 28.6 Å². The second-order valence-corrected chi connectivity index (χ2v) is 10.8. The molecule has 2 aromatic carbocycles. The number of halogens is 1. The van der Waals surface area contributed by atoms with Gasteiger partial charge < -0.3 is 19.9 Å². The summed E-state index contributed by atoms with van der Waals surface area (Å²) >= 11 is 13.4. The Labute approximate surface area is 231 Å². The Kier molecular flexibility index (Phi) is 9.02. The Morgan fingerprint density at radius 3 is 2.54 bits per heavy atom. The summed E-state index contributed by atoms with van der Waals surface area (Å²) in [7, 11) is 0. The standard InChI is InChI=1S/C27H29ClN4O3S2/c1-18(2)17-35-21-6-3-5-19(15-21)25(33)30-27(36)29-20-8-9-23(22(28)16-20)31-10-12-32(13-11-31)26(34)24-7-4-14-37-24/h3-9,14-16,18H,10-13,17H2,1-2H3,(H2,29,30,33,36). The first-order valence-electron chi connectivity index (χ1n) is 12.0. The average molecular weight is 557 g/mol. The monoisotopic (exact) mass is 556 g/mol. The molecule has 7 nitrogen and oxygen atoms in total. The fourth-order valence-electron chi connectivity index (χ4n) is 3.88. The summed E-state index contributed by atoms with van der Waals surface area (Å²) in [5.41, 5.74) is 2.01. The molecule has 2 heterocycles. The molecule has 1 aliphatic heterocycles. The summed E-state index contributed by atoms with van der Waals surface area (Å²) < 4.78 is 5.70. The Balaban J connectivity index is 1.30. The van der Waals surface area contributed by atoms with Crippen molar-refractivity contribution in [3.63, 3.8) is 0 Å². The van der Waals surface area contributed by atoms with Crippen LogP contribution in [0.1, 0.15) is 33.9 Å². The number of carbonyl (C=O) groups is 2. The molecule has 4 rings (SSSR count). The van der Waals surface area contributed by atoms with Crippen molar-refractivity contribution in [3.05, 3.63) is 75.4 Å². The number of thiophene rings is 1. The van der Waals surface area contributed by atoms with Crippen molar-refractivity contribution in [2.75, 3.05) is 43.0 Å². The first kappa shape index (κ1) is 26.9. The van der Waals surface area contributed by atoms with Gasteiger partial charge in [-0.1, -0.05) is 37.6 Å². The van der Waals surface area contributed by atoms with Crippen LogP contribution in [-0.2, 0) is 0 Å².